The summed E-state index contributed by atoms with van der Waals surface area (Å²) in [5, 5.41) is 0. The van der Waals surface area contributed by atoms with Gasteiger partial charge in [-0.3, -0.25) is 0 Å². The SMILES string of the molecule is CCOC(=O)c1cccc(N(C)C2CCN(C)CC2)c1N. The Bertz CT molecular complexity index is 496. The van der Waals surface area contributed by atoms with E-state index in [9.17, 15) is 4.79 Å². The van der Waals surface area contributed by atoms with E-state index in [2.05, 4.69) is 23.9 Å². The summed E-state index contributed by atoms with van der Waals surface area (Å²) >= 11 is 0. The van der Waals surface area contributed by atoms with Crippen LogP contribution in [-0.4, -0.2) is 50.7 Å². The van der Waals surface area contributed by atoms with E-state index >= 15 is 0 Å². The highest BCUT2D eigenvalue weighted by Crippen LogP contribution is 2.30. The van der Waals surface area contributed by atoms with Crippen molar-refractivity contribution in [2.24, 2.45) is 0 Å². The van der Waals surface area contributed by atoms with Gasteiger partial charge in [0, 0.05) is 13.1 Å². The number of carbonyl (C=O) groups excluding carboxylic acids is 1. The van der Waals surface area contributed by atoms with Gasteiger partial charge in [-0.25, -0.2) is 4.79 Å². The Morgan fingerprint density at radius 2 is 2.10 bits per heavy atom. The van der Waals surface area contributed by atoms with Gasteiger partial charge in [0.05, 0.1) is 23.5 Å². The molecule has 2 rings (SSSR count). The largest absolute Gasteiger partial charge is 0.462 e. The van der Waals surface area contributed by atoms with Gasteiger partial charge in [0.2, 0.25) is 0 Å². The van der Waals surface area contributed by atoms with Gasteiger partial charge in [0.15, 0.2) is 0 Å². The maximum atomic E-state index is 11.9. The number of ether oxygens (including phenoxy) is 1. The van der Waals surface area contributed by atoms with Crippen LogP contribution in [0.3, 0.4) is 0 Å². The van der Waals surface area contributed by atoms with Crippen molar-refractivity contribution in [2.45, 2.75) is 25.8 Å². The molecule has 0 unspecified atom stereocenters. The number of nitrogens with zero attached hydrogens (tertiary/aromatic N) is 2. The number of esters is 1. The lowest BCUT2D eigenvalue weighted by Crippen LogP contribution is -2.42. The summed E-state index contributed by atoms with van der Waals surface area (Å²) in [6.45, 7) is 4.33. The van der Waals surface area contributed by atoms with Crippen molar-refractivity contribution in [3.8, 4) is 0 Å². The van der Waals surface area contributed by atoms with Gasteiger partial charge >= 0.3 is 5.97 Å². The molecule has 1 heterocycles. The fourth-order valence-electron chi connectivity index (χ4n) is 2.83. The summed E-state index contributed by atoms with van der Waals surface area (Å²) in [4.78, 5) is 16.5. The number of likely N-dealkylation sites (tertiary alicyclic amines) is 1. The number of nitrogen functional groups attached to an aromatic ring is 1. The highest BCUT2D eigenvalue weighted by molar-refractivity contribution is 5.98. The molecule has 0 saturated carbocycles. The predicted octanol–water partition coefficient (Wildman–Crippen LogP) is 1.98. The van der Waals surface area contributed by atoms with Gasteiger partial charge < -0.3 is 20.3 Å². The number of benzene rings is 1. The lowest BCUT2D eigenvalue weighted by atomic mass is 10.0. The molecular weight excluding hydrogens is 266 g/mol. The van der Waals surface area contributed by atoms with Crippen LogP contribution in [0.4, 0.5) is 11.4 Å². The van der Waals surface area contributed by atoms with Gasteiger partial charge in [0.1, 0.15) is 0 Å². The maximum Gasteiger partial charge on any atom is 0.340 e. The monoisotopic (exact) mass is 291 g/mol. The van der Waals surface area contributed by atoms with Crippen LogP contribution >= 0.6 is 0 Å². The summed E-state index contributed by atoms with van der Waals surface area (Å²) < 4.78 is 5.06. The zero-order chi connectivity index (χ0) is 15.4. The molecule has 116 valence electrons. The van der Waals surface area contributed by atoms with E-state index in [1.807, 2.05) is 12.1 Å². The lowest BCUT2D eigenvalue weighted by Gasteiger charge is -2.37. The standard InChI is InChI=1S/C16H25N3O2/c1-4-21-16(20)13-6-5-7-14(15(13)17)19(3)12-8-10-18(2)11-9-12/h5-7,12H,4,8-11,17H2,1-3H3. The molecule has 1 aromatic carbocycles. The maximum absolute atomic E-state index is 11.9. The molecule has 0 amide bonds. The second kappa shape index (κ2) is 6.80. The predicted molar refractivity (Wildman–Crippen MR) is 85.7 cm³/mol. The molecular formula is C16H25N3O2. The van der Waals surface area contributed by atoms with Crippen LogP contribution in [0.2, 0.25) is 0 Å². The van der Waals surface area contributed by atoms with Crippen LogP contribution in [0.15, 0.2) is 18.2 Å². The van der Waals surface area contributed by atoms with Crippen molar-refractivity contribution in [3.63, 3.8) is 0 Å². The Balaban J connectivity index is 2.19. The molecule has 21 heavy (non-hydrogen) atoms. The minimum Gasteiger partial charge on any atom is -0.462 e. The van der Waals surface area contributed by atoms with E-state index in [4.69, 9.17) is 10.5 Å². The Labute approximate surface area is 126 Å². The van der Waals surface area contributed by atoms with E-state index in [1.54, 1.807) is 13.0 Å². The minimum atomic E-state index is -0.353. The topological polar surface area (TPSA) is 58.8 Å². The summed E-state index contributed by atoms with van der Waals surface area (Å²) in [5.74, 6) is -0.353. The zero-order valence-electron chi connectivity index (χ0n) is 13.1. The smallest absolute Gasteiger partial charge is 0.340 e. The molecule has 0 aromatic heterocycles. The fraction of sp³-hybridized carbons (Fsp3) is 0.562. The van der Waals surface area contributed by atoms with E-state index in [1.165, 1.54) is 0 Å². The van der Waals surface area contributed by atoms with Gasteiger partial charge in [-0.15, -0.1) is 0 Å². The Morgan fingerprint density at radius 1 is 1.43 bits per heavy atom. The number of rotatable bonds is 4. The van der Waals surface area contributed by atoms with Crippen LogP contribution in [-0.2, 0) is 4.74 Å². The van der Waals surface area contributed by atoms with Gasteiger partial charge in [-0.1, -0.05) is 6.07 Å². The quantitative estimate of drug-likeness (QED) is 0.679. The van der Waals surface area contributed by atoms with Crippen LogP contribution in [0, 0.1) is 0 Å². The van der Waals surface area contributed by atoms with Crippen molar-refractivity contribution in [3.05, 3.63) is 23.8 Å². The molecule has 0 bridgehead atoms. The van der Waals surface area contributed by atoms with E-state index in [0.717, 1.165) is 31.6 Å². The normalized spacial score (nSPS) is 16.7. The van der Waals surface area contributed by atoms with Crippen molar-refractivity contribution in [1.29, 1.82) is 0 Å². The number of anilines is 2. The van der Waals surface area contributed by atoms with E-state index in [-0.39, 0.29) is 5.97 Å². The summed E-state index contributed by atoms with van der Waals surface area (Å²) in [7, 11) is 4.20. The molecule has 2 N–H and O–H groups in total. The first-order valence-corrected chi connectivity index (χ1v) is 7.51. The average molecular weight is 291 g/mol. The molecule has 5 nitrogen and oxygen atoms in total. The molecule has 1 aliphatic heterocycles. The van der Waals surface area contributed by atoms with Crippen LogP contribution < -0.4 is 10.6 Å². The third-order valence-electron chi connectivity index (χ3n) is 4.19. The molecule has 1 fully saturated rings. The van der Waals surface area contributed by atoms with Crippen molar-refractivity contribution < 1.29 is 9.53 Å². The van der Waals surface area contributed by atoms with Crippen molar-refractivity contribution >= 4 is 17.3 Å². The summed E-state index contributed by atoms with van der Waals surface area (Å²) in [5.41, 5.74) is 8.07. The minimum absolute atomic E-state index is 0.353. The Morgan fingerprint density at radius 3 is 2.71 bits per heavy atom. The summed E-state index contributed by atoms with van der Waals surface area (Å²) in [6.07, 6.45) is 2.21. The highest BCUT2D eigenvalue weighted by atomic mass is 16.5. The molecule has 0 aliphatic carbocycles. The number of hydrogen-bond donors (Lipinski definition) is 1. The first-order valence-electron chi connectivity index (χ1n) is 7.51. The van der Waals surface area contributed by atoms with Gasteiger partial charge in [-0.05, 0) is 52.0 Å². The van der Waals surface area contributed by atoms with Gasteiger partial charge in [-0.2, -0.15) is 0 Å². The van der Waals surface area contributed by atoms with Crippen molar-refractivity contribution in [1.82, 2.24) is 4.90 Å². The molecule has 0 atom stereocenters. The second-order valence-corrected chi connectivity index (χ2v) is 5.60. The fourth-order valence-corrected chi connectivity index (χ4v) is 2.83. The van der Waals surface area contributed by atoms with E-state index in [0.29, 0.717) is 23.9 Å². The Hall–Kier alpha value is -1.75. The first kappa shape index (κ1) is 15.6. The number of para-hydroxylation sites is 1. The number of piperidine rings is 1. The highest BCUT2D eigenvalue weighted by Gasteiger charge is 2.23. The number of carbonyl (C=O) groups is 1. The molecule has 1 saturated heterocycles. The molecule has 0 radical (unpaired) electrons. The van der Waals surface area contributed by atoms with E-state index < -0.39 is 0 Å². The second-order valence-electron chi connectivity index (χ2n) is 5.60. The first-order chi connectivity index (χ1) is 10.0. The van der Waals surface area contributed by atoms with Crippen molar-refractivity contribution in [2.75, 3.05) is 44.4 Å². The van der Waals surface area contributed by atoms with Gasteiger partial charge in [0.25, 0.3) is 0 Å². The third kappa shape index (κ3) is 3.47. The van der Waals surface area contributed by atoms with Crippen LogP contribution in [0.1, 0.15) is 30.1 Å². The third-order valence-corrected chi connectivity index (χ3v) is 4.19. The molecule has 5 heteroatoms. The lowest BCUT2D eigenvalue weighted by molar-refractivity contribution is 0.0527. The number of nitrogens with two attached hydrogens (primary N) is 1. The number of hydrogen-bond acceptors (Lipinski definition) is 5. The molecule has 0 spiro atoms. The van der Waals surface area contributed by atoms with Crippen LogP contribution in [0.25, 0.3) is 0 Å². The van der Waals surface area contributed by atoms with Crippen LogP contribution in [0.5, 0.6) is 0 Å². The molecule has 1 aliphatic rings. The Kier molecular flexibility index (Phi) is 5.07. The summed E-state index contributed by atoms with van der Waals surface area (Å²) in [6, 6.07) is 6.01. The zero-order valence-corrected chi connectivity index (χ0v) is 13.1. The average Bonchev–Trinajstić information content (AvgIpc) is 2.48. The molecule has 1 aromatic rings.